The summed E-state index contributed by atoms with van der Waals surface area (Å²) in [6, 6.07) is 10.4. The van der Waals surface area contributed by atoms with Crippen molar-refractivity contribution in [2.24, 2.45) is 0 Å². The van der Waals surface area contributed by atoms with Gasteiger partial charge in [-0.05, 0) is 54.5 Å². The molecule has 0 aromatic heterocycles. The molecule has 0 aliphatic carbocycles. The summed E-state index contributed by atoms with van der Waals surface area (Å²) in [6.45, 7) is 3.30. The van der Waals surface area contributed by atoms with E-state index in [4.69, 9.17) is 23.2 Å². The van der Waals surface area contributed by atoms with Crippen LogP contribution in [-0.2, 0) is 9.59 Å². The summed E-state index contributed by atoms with van der Waals surface area (Å²) in [6.07, 6.45) is 3.06. The van der Waals surface area contributed by atoms with Gasteiger partial charge in [-0.2, -0.15) is 0 Å². The van der Waals surface area contributed by atoms with Gasteiger partial charge in [0.25, 0.3) is 0 Å². The Balaban J connectivity index is 2.03. The van der Waals surface area contributed by atoms with Crippen molar-refractivity contribution in [2.75, 3.05) is 10.6 Å². The molecule has 0 bridgehead atoms. The summed E-state index contributed by atoms with van der Waals surface area (Å²) in [5.74, 6) is -0.410. The Kier molecular flexibility index (Phi) is 6.01. The fraction of sp³-hybridized carbons (Fsp3) is 0.111. The highest BCUT2D eigenvalue weighted by Crippen LogP contribution is 2.23. The second-order valence-corrected chi connectivity index (χ2v) is 6.02. The number of anilines is 2. The maximum Gasteiger partial charge on any atom is 0.248 e. The second kappa shape index (κ2) is 7.99. The topological polar surface area (TPSA) is 58.2 Å². The first-order valence-electron chi connectivity index (χ1n) is 7.17. The molecule has 0 radical (unpaired) electrons. The highest BCUT2D eigenvalue weighted by Gasteiger charge is 2.04. The average molecular weight is 363 g/mol. The first kappa shape index (κ1) is 18.0. The van der Waals surface area contributed by atoms with Crippen LogP contribution in [0.25, 0.3) is 6.08 Å². The normalized spacial score (nSPS) is 10.7. The van der Waals surface area contributed by atoms with Crippen LogP contribution in [0.1, 0.15) is 18.1 Å². The number of hydrogen-bond acceptors (Lipinski definition) is 2. The molecule has 2 aromatic rings. The highest BCUT2D eigenvalue weighted by molar-refractivity contribution is 6.42. The summed E-state index contributed by atoms with van der Waals surface area (Å²) in [5, 5.41) is 6.38. The molecule has 0 fully saturated rings. The number of carbonyl (C=O) groups is 2. The Morgan fingerprint density at radius 2 is 1.75 bits per heavy atom. The van der Waals surface area contributed by atoms with E-state index in [1.54, 1.807) is 42.5 Å². The number of amides is 2. The van der Waals surface area contributed by atoms with Crippen LogP contribution in [0.3, 0.4) is 0 Å². The third-order valence-electron chi connectivity index (χ3n) is 3.18. The third kappa shape index (κ3) is 5.11. The third-order valence-corrected chi connectivity index (χ3v) is 3.91. The lowest BCUT2D eigenvalue weighted by molar-refractivity contribution is -0.114. The lowest BCUT2D eigenvalue weighted by Gasteiger charge is -2.09. The summed E-state index contributed by atoms with van der Waals surface area (Å²) in [4.78, 5) is 23.1. The molecule has 0 heterocycles. The van der Waals surface area contributed by atoms with E-state index in [0.717, 1.165) is 11.1 Å². The minimum absolute atomic E-state index is 0.139. The van der Waals surface area contributed by atoms with E-state index in [1.807, 2.05) is 6.92 Å². The number of rotatable bonds is 4. The van der Waals surface area contributed by atoms with Gasteiger partial charge in [0.2, 0.25) is 11.8 Å². The molecule has 0 spiro atoms. The molecule has 124 valence electrons. The monoisotopic (exact) mass is 362 g/mol. The molecule has 0 saturated carbocycles. The predicted octanol–water partition coefficient (Wildman–Crippen LogP) is 4.91. The lowest BCUT2D eigenvalue weighted by Crippen LogP contribution is -2.10. The van der Waals surface area contributed by atoms with Gasteiger partial charge in [0, 0.05) is 24.4 Å². The summed E-state index contributed by atoms with van der Waals surface area (Å²) < 4.78 is 0. The zero-order chi connectivity index (χ0) is 17.7. The summed E-state index contributed by atoms with van der Waals surface area (Å²) in [7, 11) is 0. The van der Waals surface area contributed by atoms with Gasteiger partial charge in [-0.3, -0.25) is 9.59 Å². The first-order chi connectivity index (χ1) is 11.3. The van der Waals surface area contributed by atoms with Crippen LogP contribution in [0.5, 0.6) is 0 Å². The van der Waals surface area contributed by atoms with E-state index in [9.17, 15) is 9.59 Å². The zero-order valence-corrected chi connectivity index (χ0v) is 14.7. The fourth-order valence-electron chi connectivity index (χ4n) is 2.04. The Labute approximate surface area is 150 Å². The number of benzene rings is 2. The van der Waals surface area contributed by atoms with E-state index in [0.29, 0.717) is 21.4 Å². The van der Waals surface area contributed by atoms with Crippen LogP contribution in [0.15, 0.2) is 42.5 Å². The van der Waals surface area contributed by atoms with Crippen LogP contribution in [0.2, 0.25) is 10.0 Å². The van der Waals surface area contributed by atoms with E-state index in [-0.39, 0.29) is 11.8 Å². The molecule has 0 aliphatic heterocycles. The van der Waals surface area contributed by atoms with Gasteiger partial charge in [0.05, 0.1) is 10.0 Å². The quantitative estimate of drug-likeness (QED) is 0.758. The van der Waals surface area contributed by atoms with Crippen LogP contribution in [-0.4, -0.2) is 11.8 Å². The number of hydrogen-bond donors (Lipinski definition) is 2. The summed E-state index contributed by atoms with van der Waals surface area (Å²) >= 11 is 11.8. The number of aryl methyl sites for hydroxylation is 1. The molecule has 2 N–H and O–H groups in total. The summed E-state index contributed by atoms with van der Waals surface area (Å²) in [5.41, 5.74) is 2.99. The first-order valence-corrected chi connectivity index (χ1v) is 7.93. The maximum absolute atomic E-state index is 12.0. The van der Waals surface area contributed by atoms with Crippen molar-refractivity contribution >= 4 is 52.5 Å². The van der Waals surface area contributed by atoms with Crippen molar-refractivity contribution in [3.63, 3.8) is 0 Å². The largest absolute Gasteiger partial charge is 0.326 e. The molecule has 2 rings (SSSR count). The zero-order valence-electron chi connectivity index (χ0n) is 13.2. The molecule has 0 aliphatic rings. The minimum Gasteiger partial charge on any atom is -0.326 e. The SMILES string of the molecule is CC(=O)Nc1ccc(NC(=O)/C=C/c2ccc(Cl)c(Cl)c2)cc1C. The van der Waals surface area contributed by atoms with Crippen molar-refractivity contribution < 1.29 is 9.59 Å². The molecule has 0 atom stereocenters. The molecule has 0 saturated heterocycles. The Bertz CT molecular complexity index is 817. The Hall–Kier alpha value is -2.30. The molecule has 4 nitrogen and oxygen atoms in total. The van der Waals surface area contributed by atoms with Gasteiger partial charge < -0.3 is 10.6 Å². The molecule has 24 heavy (non-hydrogen) atoms. The van der Waals surface area contributed by atoms with Gasteiger partial charge in [-0.15, -0.1) is 0 Å². The molecular weight excluding hydrogens is 347 g/mol. The van der Waals surface area contributed by atoms with E-state index < -0.39 is 0 Å². The van der Waals surface area contributed by atoms with Gasteiger partial charge >= 0.3 is 0 Å². The smallest absolute Gasteiger partial charge is 0.248 e. The predicted molar refractivity (Wildman–Crippen MR) is 99.6 cm³/mol. The van der Waals surface area contributed by atoms with E-state index in [2.05, 4.69) is 10.6 Å². The van der Waals surface area contributed by atoms with Crippen LogP contribution in [0, 0.1) is 6.92 Å². The van der Waals surface area contributed by atoms with Crippen LogP contribution < -0.4 is 10.6 Å². The number of nitrogens with one attached hydrogen (secondary N) is 2. The molecule has 6 heteroatoms. The average Bonchev–Trinajstić information content (AvgIpc) is 2.51. The van der Waals surface area contributed by atoms with E-state index in [1.165, 1.54) is 13.0 Å². The van der Waals surface area contributed by atoms with E-state index >= 15 is 0 Å². The van der Waals surface area contributed by atoms with Gasteiger partial charge in [0.15, 0.2) is 0 Å². The fourth-order valence-corrected chi connectivity index (χ4v) is 2.35. The Morgan fingerprint density at radius 3 is 2.38 bits per heavy atom. The van der Waals surface area contributed by atoms with Crippen LogP contribution in [0.4, 0.5) is 11.4 Å². The standard InChI is InChI=1S/C18H16Cl2N2O2/c1-11-9-14(5-7-17(11)21-12(2)23)22-18(24)8-4-13-3-6-15(19)16(20)10-13/h3-10H,1-2H3,(H,21,23)(H,22,24)/b8-4+. The van der Waals surface area contributed by atoms with Crippen molar-refractivity contribution in [3.05, 3.63) is 63.6 Å². The minimum atomic E-state index is -0.271. The number of halogens is 2. The van der Waals surface area contributed by atoms with Gasteiger partial charge in [0.1, 0.15) is 0 Å². The molecule has 2 amide bonds. The Morgan fingerprint density at radius 1 is 1.00 bits per heavy atom. The van der Waals surface area contributed by atoms with Crippen molar-refractivity contribution in [2.45, 2.75) is 13.8 Å². The van der Waals surface area contributed by atoms with Gasteiger partial charge in [-0.25, -0.2) is 0 Å². The molecule has 2 aromatic carbocycles. The van der Waals surface area contributed by atoms with Crippen LogP contribution >= 0.6 is 23.2 Å². The number of carbonyl (C=O) groups excluding carboxylic acids is 2. The molecule has 0 unspecified atom stereocenters. The van der Waals surface area contributed by atoms with Gasteiger partial charge in [-0.1, -0.05) is 29.3 Å². The molecular formula is C18H16Cl2N2O2. The maximum atomic E-state index is 12.0. The van der Waals surface area contributed by atoms with Crippen molar-refractivity contribution in [1.29, 1.82) is 0 Å². The van der Waals surface area contributed by atoms with Crippen molar-refractivity contribution in [1.82, 2.24) is 0 Å². The lowest BCUT2D eigenvalue weighted by atomic mass is 10.1. The highest BCUT2D eigenvalue weighted by atomic mass is 35.5. The van der Waals surface area contributed by atoms with Crippen molar-refractivity contribution in [3.8, 4) is 0 Å². The second-order valence-electron chi connectivity index (χ2n) is 5.21.